The monoisotopic (exact) mass is 404 g/mol. The quantitative estimate of drug-likeness (QED) is 0.329. The van der Waals surface area contributed by atoms with Gasteiger partial charge in [0.1, 0.15) is 11.9 Å². The molecule has 6 heteroatoms. The van der Waals surface area contributed by atoms with Crippen molar-refractivity contribution in [1.29, 1.82) is 5.26 Å². The Kier molecular flexibility index (Phi) is 4.57. The Morgan fingerprint density at radius 1 is 1.13 bits per heavy atom. The van der Waals surface area contributed by atoms with Gasteiger partial charge in [0.25, 0.3) is 0 Å². The van der Waals surface area contributed by atoms with Crippen LogP contribution in [0.25, 0.3) is 27.6 Å². The summed E-state index contributed by atoms with van der Waals surface area (Å²) in [7, 11) is 0. The van der Waals surface area contributed by atoms with Crippen molar-refractivity contribution in [3.8, 4) is 6.07 Å². The van der Waals surface area contributed by atoms with Gasteiger partial charge in [-0.25, -0.2) is 4.98 Å². The maximum absolute atomic E-state index is 9.82. The molecule has 3 heterocycles. The number of rotatable bonds is 4. The van der Waals surface area contributed by atoms with E-state index in [0.717, 1.165) is 50.9 Å². The molecule has 1 N–H and O–H groups in total. The molecule has 0 spiro atoms. The van der Waals surface area contributed by atoms with E-state index in [1.807, 2.05) is 65.9 Å². The summed E-state index contributed by atoms with van der Waals surface area (Å²) < 4.78 is 2.00. The summed E-state index contributed by atoms with van der Waals surface area (Å²) in [5.74, 6) is 0.826. The average Bonchev–Trinajstić information content (AvgIpc) is 3.18. The van der Waals surface area contributed by atoms with Gasteiger partial charge in [0.05, 0.1) is 28.3 Å². The predicted octanol–water partition coefficient (Wildman–Crippen LogP) is 5.22. The van der Waals surface area contributed by atoms with Crippen LogP contribution < -0.4 is 5.43 Å². The molecule has 5 aromatic rings. The van der Waals surface area contributed by atoms with E-state index in [1.165, 1.54) is 0 Å². The van der Waals surface area contributed by atoms with Gasteiger partial charge in [-0.1, -0.05) is 43.3 Å². The zero-order valence-corrected chi connectivity index (χ0v) is 17.3. The van der Waals surface area contributed by atoms with Crippen LogP contribution in [0.4, 0.5) is 5.82 Å². The molecule has 0 saturated heterocycles. The number of anilines is 1. The Morgan fingerprint density at radius 3 is 2.81 bits per heavy atom. The van der Waals surface area contributed by atoms with Gasteiger partial charge < -0.3 is 0 Å². The number of nitriles is 1. The van der Waals surface area contributed by atoms with Gasteiger partial charge in [-0.2, -0.15) is 10.4 Å². The molecule has 0 fully saturated rings. The van der Waals surface area contributed by atoms with Gasteiger partial charge in [0.2, 0.25) is 0 Å². The van der Waals surface area contributed by atoms with E-state index in [4.69, 9.17) is 4.98 Å². The predicted molar refractivity (Wildman–Crippen MR) is 124 cm³/mol. The number of hydrazone groups is 1. The fraction of sp³-hybridized carbons (Fsp3) is 0.120. The summed E-state index contributed by atoms with van der Waals surface area (Å²) >= 11 is 0. The third-order valence-electron chi connectivity index (χ3n) is 5.62. The van der Waals surface area contributed by atoms with Crippen LogP contribution in [-0.4, -0.2) is 20.6 Å². The van der Waals surface area contributed by atoms with Crippen LogP contribution in [0, 0.1) is 18.3 Å². The smallest absolute Gasteiger partial charge is 0.157 e. The first kappa shape index (κ1) is 18.8. The molecule has 3 aromatic heterocycles. The SMILES string of the molecule is CCc1c(C)c(C#N)c2nc3ccccc3n2c1N/N=C\c1cccc2cccnc12. The van der Waals surface area contributed by atoms with Crippen LogP contribution in [0.2, 0.25) is 0 Å². The Hall–Kier alpha value is -4.24. The Bertz CT molecular complexity index is 1520. The molecule has 6 nitrogen and oxygen atoms in total. The molecule has 31 heavy (non-hydrogen) atoms. The van der Waals surface area contributed by atoms with Crippen LogP contribution in [0.5, 0.6) is 0 Å². The van der Waals surface area contributed by atoms with Crippen molar-refractivity contribution in [2.24, 2.45) is 5.10 Å². The van der Waals surface area contributed by atoms with Crippen LogP contribution in [-0.2, 0) is 6.42 Å². The van der Waals surface area contributed by atoms with E-state index in [0.29, 0.717) is 11.2 Å². The highest BCUT2D eigenvalue weighted by Crippen LogP contribution is 2.31. The highest BCUT2D eigenvalue weighted by Gasteiger charge is 2.19. The lowest BCUT2D eigenvalue weighted by Crippen LogP contribution is -2.07. The molecular formula is C25H20N6. The summed E-state index contributed by atoms with van der Waals surface area (Å²) in [6.45, 7) is 4.05. The molecular weight excluding hydrogens is 384 g/mol. The lowest BCUT2D eigenvalue weighted by molar-refractivity contribution is 1.04. The number of pyridine rings is 2. The van der Waals surface area contributed by atoms with Crippen LogP contribution >= 0.6 is 0 Å². The van der Waals surface area contributed by atoms with Crippen LogP contribution in [0.3, 0.4) is 0 Å². The summed E-state index contributed by atoms with van der Waals surface area (Å²) in [4.78, 5) is 9.22. The highest BCUT2D eigenvalue weighted by atomic mass is 15.3. The second kappa shape index (κ2) is 7.54. The molecule has 0 unspecified atom stereocenters. The van der Waals surface area contributed by atoms with Crippen molar-refractivity contribution in [2.45, 2.75) is 20.3 Å². The first-order valence-electron chi connectivity index (χ1n) is 10.2. The summed E-state index contributed by atoms with van der Waals surface area (Å²) in [6, 6.07) is 20.2. The molecule has 0 radical (unpaired) electrons. The first-order valence-corrected chi connectivity index (χ1v) is 10.2. The molecule has 5 rings (SSSR count). The molecule has 150 valence electrons. The number of fused-ring (bicyclic) bond motifs is 4. The lowest BCUT2D eigenvalue weighted by Gasteiger charge is -2.15. The molecule has 2 aromatic carbocycles. The number of hydrogen-bond donors (Lipinski definition) is 1. The van der Waals surface area contributed by atoms with E-state index in [2.05, 4.69) is 28.5 Å². The zero-order valence-electron chi connectivity index (χ0n) is 17.3. The van der Waals surface area contributed by atoms with Crippen molar-refractivity contribution in [2.75, 3.05) is 5.43 Å². The van der Waals surface area contributed by atoms with Crippen molar-refractivity contribution < 1.29 is 0 Å². The number of imidazole rings is 1. The standard InChI is InChI=1S/C25H20N6/c1-3-19-16(2)20(14-26)24-29-21-11-4-5-12-22(21)31(24)25(19)30-28-15-18-9-6-8-17-10-7-13-27-23(17)18/h4-13,15,30H,3H2,1-2H3/b28-15-. The second-order valence-electron chi connectivity index (χ2n) is 7.34. The highest BCUT2D eigenvalue weighted by molar-refractivity contribution is 5.97. The van der Waals surface area contributed by atoms with E-state index in [9.17, 15) is 5.26 Å². The topological polar surface area (TPSA) is 78.4 Å². The molecule has 0 atom stereocenters. The van der Waals surface area contributed by atoms with Gasteiger partial charge in [-0.3, -0.25) is 14.8 Å². The van der Waals surface area contributed by atoms with E-state index in [1.54, 1.807) is 12.4 Å². The van der Waals surface area contributed by atoms with E-state index in [-0.39, 0.29) is 0 Å². The minimum Gasteiger partial charge on any atom is -0.276 e. The van der Waals surface area contributed by atoms with Crippen molar-refractivity contribution in [3.63, 3.8) is 0 Å². The Labute approximate surface area is 179 Å². The summed E-state index contributed by atoms with van der Waals surface area (Å²) in [5.41, 5.74) is 10.1. The van der Waals surface area contributed by atoms with Crippen molar-refractivity contribution >= 4 is 39.6 Å². The third-order valence-corrected chi connectivity index (χ3v) is 5.62. The second-order valence-corrected chi connectivity index (χ2v) is 7.34. The fourth-order valence-electron chi connectivity index (χ4n) is 4.13. The maximum Gasteiger partial charge on any atom is 0.157 e. The number of aromatic nitrogens is 3. The summed E-state index contributed by atoms with van der Waals surface area (Å²) in [6.07, 6.45) is 4.33. The van der Waals surface area contributed by atoms with Gasteiger partial charge in [-0.15, -0.1) is 0 Å². The van der Waals surface area contributed by atoms with E-state index >= 15 is 0 Å². The van der Waals surface area contributed by atoms with Crippen LogP contribution in [0.15, 0.2) is 65.9 Å². The van der Waals surface area contributed by atoms with Crippen molar-refractivity contribution in [3.05, 3.63) is 83.0 Å². The van der Waals surface area contributed by atoms with Gasteiger partial charge >= 0.3 is 0 Å². The van der Waals surface area contributed by atoms with Gasteiger partial charge in [0.15, 0.2) is 5.65 Å². The normalized spacial score (nSPS) is 11.5. The Morgan fingerprint density at radius 2 is 1.97 bits per heavy atom. The molecule has 0 saturated carbocycles. The fourth-order valence-corrected chi connectivity index (χ4v) is 4.13. The number of para-hydroxylation sites is 3. The Balaban J connectivity index is 1.69. The zero-order chi connectivity index (χ0) is 21.4. The van der Waals surface area contributed by atoms with Gasteiger partial charge in [-0.05, 0) is 42.7 Å². The lowest BCUT2D eigenvalue weighted by atomic mass is 10.0. The summed E-state index contributed by atoms with van der Waals surface area (Å²) in [5, 5.41) is 15.4. The average molecular weight is 404 g/mol. The molecule has 0 aliphatic heterocycles. The third kappa shape index (κ3) is 2.99. The van der Waals surface area contributed by atoms with Crippen molar-refractivity contribution in [1.82, 2.24) is 14.4 Å². The number of nitrogens with one attached hydrogen (secondary N) is 1. The number of nitrogens with zero attached hydrogens (tertiary/aromatic N) is 5. The van der Waals surface area contributed by atoms with E-state index < -0.39 is 0 Å². The molecule has 0 aliphatic rings. The molecule has 0 aliphatic carbocycles. The van der Waals surface area contributed by atoms with Crippen LogP contribution in [0.1, 0.15) is 29.2 Å². The number of hydrogen-bond acceptors (Lipinski definition) is 5. The maximum atomic E-state index is 9.82. The molecule has 0 bridgehead atoms. The first-order chi connectivity index (χ1) is 15.2. The van der Waals surface area contributed by atoms with Gasteiger partial charge in [0, 0.05) is 17.1 Å². The minimum atomic E-state index is 0.598. The number of benzene rings is 2. The largest absolute Gasteiger partial charge is 0.276 e. The molecule has 0 amide bonds. The minimum absolute atomic E-state index is 0.598.